The van der Waals surface area contributed by atoms with Crippen molar-refractivity contribution in [2.45, 2.75) is 12.8 Å². The summed E-state index contributed by atoms with van der Waals surface area (Å²) < 4.78 is 10.4. The van der Waals surface area contributed by atoms with Gasteiger partial charge in [-0.1, -0.05) is 5.16 Å². The molecule has 0 bridgehead atoms. The quantitative estimate of drug-likeness (QED) is 0.934. The highest BCUT2D eigenvalue weighted by Gasteiger charge is 2.23. The van der Waals surface area contributed by atoms with E-state index in [0.717, 1.165) is 42.0 Å². The lowest BCUT2D eigenvalue weighted by Gasteiger charge is -2.29. The van der Waals surface area contributed by atoms with Gasteiger partial charge in [-0.15, -0.1) is 0 Å². The number of carbonyl (C=O) groups is 1. The number of carboxylic acids is 1. The van der Waals surface area contributed by atoms with E-state index in [2.05, 4.69) is 17.1 Å². The third kappa shape index (κ3) is 2.22. The SMILES string of the molecule is COc1c(-c2cc(C(=O)O)on2)ccc2c1CCCN2C. The first-order valence-corrected chi connectivity index (χ1v) is 6.73. The molecule has 1 aliphatic rings. The fourth-order valence-corrected chi connectivity index (χ4v) is 2.77. The van der Waals surface area contributed by atoms with E-state index in [4.69, 9.17) is 14.4 Å². The van der Waals surface area contributed by atoms with Crippen LogP contribution in [0.3, 0.4) is 0 Å². The molecule has 0 fully saturated rings. The van der Waals surface area contributed by atoms with E-state index in [1.165, 1.54) is 6.07 Å². The van der Waals surface area contributed by atoms with Crippen LogP contribution in [0.4, 0.5) is 5.69 Å². The summed E-state index contributed by atoms with van der Waals surface area (Å²) in [5.41, 5.74) is 3.50. The van der Waals surface area contributed by atoms with Crippen LogP contribution in [0.15, 0.2) is 22.7 Å². The molecule has 0 aliphatic carbocycles. The zero-order valence-electron chi connectivity index (χ0n) is 11.9. The fourth-order valence-electron chi connectivity index (χ4n) is 2.77. The third-order valence-electron chi connectivity index (χ3n) is 3.77. The number of hydrogen-bond acceptors (Lipinski definition) is 5. The number of hydrogen-bond donors (Lipinski definition) is 1. The summed E-state index contributed by atoms with van der Waals surface area (Å²) in [6.07, 6.45) is 1.99. The van der Waals surface area contributed by atoms with Crippen LogP contribution in [0, 0.1) is 0 Å². The maximum absolute atomic E-state index is 10.9. The van der Waals surface area contributed by atoms with Crippen LogP contribution in [0.2, 0.25) is 0 Å². The number of fused-ring (bicyclic) bond motifs is 1. The molecule has 2 heterocycles. The van der Waals surface area contributed by atoms with Gasteiger partial charge in [0.25, 0.3) is 0 Å². The van der Waals surface area contributed by atoms with Gasteiger partial charge < -0.3 is 19.3 Å². The molecule has 0 atom stereocenters. The van der Waals surface area contributed by atoms with Crippen molar-refractivity contribution in [1.82, 2.24) is 5.16 Å². The van der Waals surface area contributed by atoms with Crippen LogP contribution >= 0.6 is 0 Å². The van der Waals surface area contributed by atoms with Gasteiger partial charge in [-0.05, 0) is 25.0 Å². The van der Waals surface area contributed by atoms with E-state index in [1.54, 1.807) is 7.11 Å². The Morgan fingerprint density at radius 2 is 2.29 bits per heavy atom. The van der Waals surface area contributed by atoms with Crippen molar-refractivity contribution in [2.75, 3.05) is 25.6 Å². The van der Waals surface area contributed by atoms with Crippen molar-refractivity contribution in [1.29, 1.82) is 0 Å². The van der Waals surface area contributed by atoms with Gasteiger partial charge in [0.05, 0.1) is 7.11 Å². The lowest BCUT2D eigenvalue weighted by molar-refractivity contribution is 0.0652. The van der Waals surface area contributed by atoms with Crippen molar-refractivity contribution in [2.24, 2.45) is 0 Å². The molecule has 21 heavy (non-hydrogen) atoms. The molecule has 0 unspecified atom stereocenters. The molecule has 6 nitrogen and oxygen atoms in total. The van der Waals surface area contributed by atoms with Crippen LogP contribution in [0.5, 0.6) is 5.75 Å². The summed E-state index contributed by atoms with van der Waals surface area (Å²) in [5.74, 6) is -0.573. The zero-order valence-corrected chi connectivity index (χ0v) is 11.9. The summed E-state index contributed by atoms with van der Waals surface area (Å²) >= 11 is 0. The number of aromatic nitrogens is 1. The number of benzene rings is 1. The second-order valence-electron chi connectivity index (χ2n) is 5.05. The Labute approximate surface area is 121 Å². The molecule has 0 amide bonds. The first-order valence-electron chi connectivity index (χ1n) is 6.73. The summed E-state index contributed by atoms with van der Waals surface area (Å²) in [5, 5.41) is 12.8. The summed E-state index contributed by atoms with van der Waals surface area (Å²) in [6.45, 7) is 1.02. The largest absolute Gasteiger partial charge is 0.496 e. The highest BCUT2D eigenvalue weighted by Crippen LogP contribution is 2.40. The molecular formula is C15H16N2O4. The van der Waals surface area contributed by atoms with Gasteiger partial charge in [0.2, 0.25) is 5.76 Å². The highest BCUT2D eigenvalue weighted by molar-refractivity contribution is 5.86. The molecule has 1 aliphatic heterocycles. The second-order valence-corrected chi connectivity index (χ2v) is 5.05. The van der Waals surface area contributed by atoms with E-state index >= 15 is 0 Å². The fraction of sp³-hybridized carbons (Fsp3) is 0.333. The smallest absolute Gasteiger partial charge is 0.374 e. The molecule has 0 saturated carbocycles. The molecular weight excluding hydrogens is 272 g/mol. The first kappa shape index (κ1) is 13.5. The molecule has 1 aromatic heterocycles. The van der Waals surface area contributed by atoms with Gasteiger partial charge in [0.15, 0.2) is 0 Å². The minimum Gasteiger partial charge on any atom is -0.496 e. The Morgan fingerprint density at radius 1 is 1.48 bits per heavy atom. The molecule has 2 aromatic rings. The number of ether oxygens (including phenoxy) is 1. The minimum absolute atomic E-state index is 0.179. The molecule has 0 radical (unpaired) electrons. The Hall–Kier alpha value is -2.50. The monoisotopic (exact) mass is 288 g/mol. The number of rotatable bonds is 3. The standard InChI is InChI=1S/C15H16N2O4/c1-17-7-3-4-10-12(17)6-5-9(14(10)20-2)11-8-13(15(18)19)21-16-11/h5-6,8H,3-4,7H2,1-2H3,(H,18,19). The molecule has 1 aromatic carbocycles. The molecule has 3 rings (SSSR count). The van der Waals surface area contributed by atoms with E-state index in [-0.39, 0.29) is 5.76 Å². The average molecular weight is 288 g/mol. The van der Waals surface area contributed by atoms with Crippen molar-refractivity contribution >= 4 is 11.7 Å². The maximum atomic E-state index is 10.9. The Kier molecular flexibility index (Phi) is 3.29. The minimum atomic E-state index is -1.13. The van der Waals surface area contributed by atoms with Crippen LogP contribution < -0.4 is 9.64 Å². The molecule has 0 spiro atoms. The number of nitrogens with zero attached hydrogens (tertiary/aromatic N) is 2. The van der Waals surface area contributed by atoms with E-state index < -0.39 is 5.97 Å². The third-order valence-corrected chi connectivity index (χ3v) is 3.77. The van der Waals surface area contributed by atoms with Crippen molar-refractivity contribution < 1.29 is 19.2 Å². The first-order chi connectivity index (χ1) is 10.1. The Bertz CT molecular complexity index is 693. The number of methoxy groups -OCH3 is 1. The van der Waals surface area contributed by atoms with Crippen molar-refractivity contribution in [3.8, 4) is 17.0 Å². The molecule has 1 N–H and O–H groups in total. The van der Waals surface area contributed by atoms with Crippen LogP contribution in [-0.2, 0) is 6.42 Å². The van der Waals surface area contributed by atoms with Gasteiger partial charge in [-0.3, -0.25) is 0 Å². The average Bonchev–Trinajstić information content (AvgIpc) is 2.96. The number of aromatic carboxylic acids is 1. The highest BCUT2D eigenvalue weighted by atomic mass is 16.5. The predicted molar refractivity (Wildman–Crippen MR) is 77.0 cm³/mol. The molecule has 6 heteroatoms. The van der Waals surface area contributed by atoms with Gasteiger partial charge in [-0.2, -0.15) is 0 Å². The topological polar surface area (TPSA) is 75.8 Å². The Balaban J connectivity index is 2.12. The van der Waals surface area contributed by atoms with E-state index in [1.807, 2.05) is 12.1 Å². The second kappa shape index (κ2) is 5.12. The van der Waals surface area contributed by atoms with E-state index in [0.29, 0.717) is 5.69 Å². The van der Waals surface area contributed by atoms with Crippen molar-refractivity contribution in [3.63, 3.8) is 0 Å². The van der Waals surface area contributed by atoms with Crippen LogP contribution in [-0.4, -0.2) is 36.9 Å². The normalized spacial score (nSPS) is 13.9. The summed E-state index contributed by atoms with van der Waals surface area (Å²) in [4.78, 5) is 13.1. The van der Waals surface area contributed by atoms with Crippen LogP contribution in [0.25, 0.3) is 11.3 Å². The number of carboxylic acid groups (broad SMARTS) is 1. The van der Waals surface area contributed by atoms with Gasteiger partial charge >= 0.3 is 5.97 Å². The van der Waals surface area contributed by atoms with Crippen molar-refractivity contribution in [3.05, 3.63) is 29.5 Å². The predicted octanol–water partition coefficient (Wildman–Crippen LogP) is 2.43. The molecule has 110 valence electrons. The van der Waals surface area contributed by atoms with Gasteiger partial charge in [0.1, 0.15) is 11.4 Å². The maximum Gasteiger partial charge on any atom is 0.374 e. The molecule has 0 saturated heterocycles. The van der Waals surface area contributed by atoms with Gasteiger partial charge in [0, 0.05) is 36.5 Å². The van der Waals surface area contributed by atoms with Gasteiger partial charge in [-0.25, -0.2) is 4.79 Å². The summed E-state index contributed by atoms with van der Waals surface area (Å²) in [6, 6.07) is 5.32. The zero-order chi connectivity index (χ0) is 15.0. The lowest BCUT2D eigenvalue weighted by atomic mass is 9.96. The van der Waals surface area contributed by atoms with Crippen LogP contribution in [0.1, 0.15) is 22.5 Å². The lowest BCUT2D eigenvalue weighted by Crippen LogP contribution is -2.25. The Morgan fingerprint density at radius 3 is 2.95 bits per heavy atom. The van der Waals surface area contributed by atoms with E-state index in [9.17, 15) is 4.79 Å². The summed E-state index contributed by atoms with van der Waals surface area (Å²) in [7, 11) is 3.67. The number of anilines is 1.